The Morgan fingerprint density at radius 1 is 1.55 bits per heavy atom. The predicted molar refractivity (Wildman–Crippen MR) is 72.7 cm³/mol. The van der Waals surface area contributed by atoms with Crippen LogP contribution < -0.4 is 10.5 Å². The molecular formula is C13H18N2O5. The first kappa shape index (κ1) is 15.9. The molecule has 0 aliphatic carbocycles. The monoisotopic (exact) mass is 282 g/mol. The predicted octanol–water partition coefficient (Wildman–Crippen LogP) is 1.95. The van der Waals surface area contributed by atoms with Crippen molar-refractivity contribution in [3.05, 3.63) is 34.4 Å². The van der Waals surface area contributed by atoms with Crippen LogP contribution in [-0.4, -0.2) is 28.1 Å². The van der Waals surface area contributed by atoms with Crippen molar-refractivity contribution in [2.45, 2.75) is 31.7 Å². The third-order valence-electron chi connectivity index (χ3n) is 3.12. The largest absolute Gasteiger partial charge is 0.493 e. The van der Waals surface area contributed by atoms with Gasteiger partial charge in [-0.1, -0.05) is 13.0 Å². The Balaban J connectivity index is 2.47. The number of nitro benzene ring substituents is 1. The number of carbonyl (C=O) groups is 1. The average Bonchev–Trinajstić information content (AvgIpc) is 2.43. The quantitative estimate of drug-likeness (QED) is 0.427. The van der Waals surface area contributed by atoms with Crippen LogP contribution in [0.3, 0.4) is 0 Å². The molecule has 110 valence electrons. The lowest BCUT2D eigenvalue weighted by molar-refractivity contribution is -0.384. The molecule has 1 rings (SSSR count). The lowest BCUT2D eigenvalue weighted by atomic mass is 9.92. The van der Waals surface area contributed by atoms with E-state index in [1.807, 2.05) is 0 Å². The number of nitrogens with zero attached hydrogens (tertiary/aromatic N) is 1. The number of nitro groups is 1. The molecule has 0 radical (unpaired) electrons. The van der Waals surface area contributed by atoms with Gasteiger partial charge >= 0.3 is 5.97 Å². The number of carboxylic acids is 1. The third-order valence-corrected chi connectivity index (χ3v) is 3.12. The normalized spacial score (nSPS) is 13.5. The zero-order valence-electron chi connectivity index (χ0n) is 11.2. The number of ether oxygens (including phenoxy) is 1. The number of rotatable bonds is 8. The summed E-state index contributed by atoms with van der Waals surface area (Å²) in [5.74, 6) is -0.649. The van der Waals surface area contributed by atoms with E-state index in [4.69, 9.17) is 15.6 Å². The van der Waals surface area contributed by atoms with Gasteiger partial charge in [0, 0.05) is 6.07 Å². The molecule has 0 aromatic heterocycles. The summed E-state index contributed by atoms with van der Waals surface area (Å²) in [4.78, 5) is 21.1. The molecule has 1 aromatic carbocycles. The molecule has 1 unspecified atom stereocenters. The highest BCUT2D eigenvalue weighted by atomic mass is 16.6. The van der Waals surface area contributed by atoms with Gasteiger partial charge in [-0.05, 0) is 25.3 Å². The summed E-state index contributed by atoms with van der Waals surface area (Å²) in [6.07, 6.45) is 1.08. The highest BCUT2D eigenvalue weighted by molar-refractivity contribution is 5.78. The summed E-state index contributed by atoms with van der Waals surface area (Å²) in [5, 5.41) is 19.6. The molecule has 3 N–H and O–H groups in total. The Morgan fingerprint density at radius 2 is 2.25 bits per heavy atom. The molecule has 0 bridgehead atoms. The molecule has 0 spiro atoms. The maximum absolute atomic E-state index is 11.0. The maximum Gasteiger partial charge on any atom is 0.323 e. The van der Waals surface area contributed by atoms with Crippen LogP contribution in [0, 0.1) is 10.1 Å². The van der Waals surface area contributed by atoms with Crippen molar-refractivity contribution in [2.24, 2.45) is 5.73 Å². The van der Waals surface area contributed by atoms with Crippen LogP contribution in [0.5, 0.6) is 5.75 Å². The van der Waals surface area contributed by atoms with Crippen molar-refractivity contribution < 1.29 is 19.6 Å². The Hall–Kier alpha value is -2.15. The van der Waals surface area contributed by atoms with E-state index >= 15 is 0 Å². The van der Waals surface area contributed by atoms with Crippen LogP contribution in [0.1, 0.15) is 26.2 Å². The lowest BCUT2D eigenvalue weighted by Crippen LogP contribution is -2.47. The van der Waals surface area contributed by atoms with Gasteiger partial charge < -0.3 is 15.6 Å². The van der Waals surface area contributed by atoms with Crippen LogP contribution in [0.25, 0.3) is 0 Å². The van der Waals surface area contributed by atoms with Crippen molar-refractivity contribution in [3.8, 4) is 5.75 Å². The minimum Gasteiger partial charge on any atom is -0.493 e. The fraction of sp³-hybridized carbons (Fsp3) is 0.462. The van der Waals surface area contributed by atoms with Gasteiger partial charge in [0.05, 0.1) is 17.6 Å². The summed E-state index contributed by atoms with van der Waals surface area (Å²) >= 11 is 0. The molecule has 1 atom stereocenters. The molecule has 0 saturated heterocycles. The molecule has 0 fully saturated rings. The van der Waals surface area contributed by atoms with E-state index in [0.717, 1.165) is 0 Å². The fourth-order valence-corrected chi connectivity index (χ4v) is 1.70. The summed E-state index contributed by atoms with van der Waals surface area (Å²) < 4.78 is 5.36. The van der Waals surface area contributed by atoms with E-state index in [0.29, 0.717) is 18.6 Å². The molecular weight excluding hydrogens is 264 g/mol. The number of carboxylic acid groups (broad SMARTS) is 1. The molecule has 20 heavy (non-hydrogen) atoms. The van der Waals surface area contributed by atoms with E-state index in [-0.39, 0.29) is 18.7 Å². The topological polar surface area (TPSA) is 116 Å². The van der Waals surface area contributed by atoms with Gasteiger partial charge in [0.1, 0.15) is 11.3 Å². The molecule has 0 saturated carbocycles. The number of hydrogen-bond donors (Lipinski definition) is 2. The Labute approximate surface area is 116 Å². The minimum atomic E-state index is -1.24. The molecule has 0 aliphatic rings. The molecule has 0 aliphatic heterocycles. The van der Waals surface area contributed by atoms with E-state index < -0.39 is 16.4 Å². The van der Waals surface area contributed by atoms with Crippen molar-refractivity contribution in [1.29, 1.82) is 0 Å². The number of nitrogens with two attached hydrogens (primary N) is 1. The first-order valence-corrected chi connectivity index (χ1v) is 6.28. The molecule has 7 nitrogen and oxygen atoms in total. The van der Waals surface area contributed by atoms with E-state index in [1.54, 1.807) is 13.0 Å². The van der Waals surface area contributed by atoms with Crippen LogP contribution in [0.2, 0.25) is 0 Å². The van der Waals surface area contributed by atoms with Crippen LogP contribution in [-0.2, 0) is 4.79 Å². The maximum atomic E-state index is 11.0. The van der Waals surface area contributed by atoms with Gasteiger partial charge in [-0.2, -0.15) is 0 Å². The van der Waals surface area contributed by atoms with E-state index in [9.17, 15) is 14.9 Å². The molecule has 0 heterocycles. The van der Waals surface area contributed by atoms with Gasteiger partial charge in [0.2, 0.25) is 0 Å². The standard InChI is InChI=1S/C13H18N2O5/c1-2-13(14,12(16)17)7-4-8-20-11-6-3-5-10(9-11)15(18)19/h3,5-6,9H,2,4,7-8,14H2,1H3,(H,16,17). The van der Waals surface area contributed by atoms with Crippen molar-refractivity contribution in [2.75, 3.05) is 6.61 Å². The van der Waals surface area contributed by atoms with E-state index in [1.165, 1.54) is 18.2 Å². The van der Waals surface area contributed by atoms with E-state index in [2.05, 4.69) is 0 Å². The molecule has 7 heteroatoms. The molecule has 0 amide bonds. The first-order chi connectivity index (χ1) is 9.39. The fourth-order valence-electron chi connectivity index (χ4n) is 1.70. The van der Waals surface area contributed by atoms with Crippen molar-refractivity contribution in [1.82, 2.24) is 0 Å². The zero-order chi connectivity index (χ0) is 15.2. The summed E-state index contributed by atoms with van der Waals surface area (Å²) in [7, 11) is 0. The van der Waals surface area contributed by atoms with Gasteiger partial charge in [0.15, 0.2) is 0 Å². The van der Waals surface area contributed by atoms with Gasteiger partial charge in [-0.15, -0.1) is 0 Å². The smallest absolute Gasteiger partial charge is 0.323 e. The number of hydrogen-bond acceptors (Lipinski definition) is 5. The first-order valence-electron chi connectivity index (χ1n) is 6.28. The van der Waals surface area contributed by atoms with Gasteiger partial charge in [-0.25, -0.2) is 0 Å². The Bertz CT molecular complexity index is 491. The van der Waals surface area contributed by atoms with Crippen LogP contribution in [0.15, 0.2) is 24.3 Å². The van der Waals surface area contributed by atoms with Gasteiger partial charge in [-0.3, -0.25) is 14.9 Å². The van der Waals surface area contributed by atoms with Gasteiger partial charge in [0.25, 0.3) is 5.69 Å². The van der Waals surface area contributed by atoms with Crippen LogP contribution >= 0.6 is 0 Å². The van der Waals surface area contributed by atoms with Crippen molar-refractivity contribution >= 4 is 11.7 Å². The number of benzene rings is 1. The Morgan fingerprint density at radius 3 is 2.80 bits per heavy atom. The second kappa shape index (κ2) is 6.85. The SMILES string of the molecule is CCC(N)(CCCOc1cccc([N+](=O)[O-])c1)C(=O)O. The highest BCUT2D eigenvalue weighted by Gasteiger charge is 2.30. The summed E-state index contributed by atoms with van der Waals surface area (Å²) in [5.41, 5.74) is 4.45. The second-order valence-corrected chi connectivity index (χ2v) is 4.52. The number of non-ortho nitro benzene ring substituents is 1. The average molecular weight is 282 g/mol. The zero-order valence-corrected chi connectivity index (χ0v) is 11.2. The van der Waals surface area contributed by atoms with Crippen molar-refractivity contribution in [3.63, 3.8) is 0 Å². The minimum absolute atomic E-state index is 0.0465. The summed E-state index contributed by atoms with van der Waals surface area (Å²) in [6.45, 7) is 1.98. The third kappa shape index (κ3) is 4.20. The highest BCUT2D eigenvalue weighted by Crippen LogP contribution is 2.20. The summed E-state index contributed by atoms with van der Waals surface area (Å²) in [6, 6.07) is 5.84. The number of aliphatic carboxylic acids is 1. The lowest BCUT2D eigenvalue weighted by Gasteiger charge is -2.22. The molecule has 1 aromatic rings. The van der Waals surface area contributed by atoms with Crippen LogP contribution in [0.4, 0.5) is 5.69 Å². The second-order valence-electron chi connectivity index (χ2n) is 4.52. The Kier molecular flexibility index (Phi) is 5.45.